The van der Waals surface area contributed by atoms with E-state index in [0.29, 0.717) is 92.5 Å². The minimum atomic E-state index is -3.94. The number of sulfonamides is 4. The van der Waals surface area contributed by atoms with Crippen LogP contribution < -0.4 is 34.8 Å². The van der Waals surface area contributed by atoms with Crippen LogP contribution in [-0.2, 0) is 114 Å². The number of imide groups is 1. The Kier molecular flexibility index (Phi) is 45.5. The Morgan fingerprint density at radius 1 is 0.287 bits per heavy atom. The zero-order chi connectivity index (χ0) is 102. The van der Waals surface area contributed by atoms with Gasteiger partial charge in [0.2, 0.25) is 40.1 Å². The van der Waals surface area contributed by atoms with Crippen LogP contribution in [0.25, 0.3) is 0 Å². The Morgan fingerprint density at radius 2 is 0.503 bits per heavy atom. The number of benzene rings is 8. The summed E-state index contributed by atoms with van der Waals surface area (Å²) in [5.74, 6) is -0.675. The van der Waals surface area contributed by atoms with Crippen LogP contribution in [0.4, 0.5) is 14.4 Å². The fourth-order valence-electron chi connectivity index (χ4n) is 17.2. The van der Waals surface area contributed by atoms with Crippen LogP contribution in [0.1, 0.15) is 90.4 Å². The lowest BCUT2D eigenvalue weighted by atomic mass is 9.85. The summed E-state index contributed by atoms with van der Waals surface area (Å²) in [5, 5.41) is 12.4. The molecule has 0 radical (unpaired) electrons. The Balaban J connectivity index is 0.575. The Labute approximate surface area is 877 Å². The van der Waals surface area contributed by atoms with E-state index >= 15 is 0 Å². The smallest absolute Gasteiger partial charge is 0.325 e. The second-order valence-corrected chi connectivity index (χ2v) is 45.1. The van der Waals surface area contributed by atoms with Crippen LogP contribution in [0, 0.1) is 0 Å². The van der Waals surface area contributed by atoms with Crippen molar-refractivity contribution in [2.75, 3.05) is 252 Å². The first-order valence-electron chi connectivity index (χ1n) is 46.8. The van der Waals surface area contributed by atoms with Gasteiger partial charge in [-0.05, 0) is 192 Å². The molecular formula is C97H123Cl8N13O21S4. The van der Waals surface area contributed by atoms with E-state index in [9.17, 15) is 48.1 Å². The number of nitrogens with zero attached hydrogens (tertiary/aromatic N) is 6. The van der Waals surface area contributed by atoms with Crippen molar-refractivity contribution in [3.8, 4) is 0 Å². The molecule has 7 N–H and O–H groups in total. The topological polar surface area (TPSA) is 384 Å². The molecule has 0 bridgehead atoms. The lowest BCUT2D eigenvalue weighted by Crippen LogP contribution is -2.50. The van der Waals surface area contributed by atoms with E-state index in [-0.39, 0.29) is 241 Å². The Bertz CT molecular complexity index is 5910. The third kappa shape index (κ3) is 34.6. The summed E-state index contributed by atoms with van der Waals surface area (Å²) < 4.78 is 176. The molecule has 0 unspecified atom stereocenters. The molecule has 0 aliphatic carbocycles. The number of rotatable bonds is 57. The van der Waals surface area contributed by atoms with Crippen molar-refractivity contribution in [2.24, 2.45) is 0 Å². The minimum Gasteiger partial charge on any atom is -0.378 e. The number of hydrogen-bond acceptors (Lipinski definition) is 25. The van der Waals surface area contributed by atoms with Gasteiger partial charge in [0, 0.05) is 175 Å². The van der Waals surface area contributed by atoms with Crippen molar-refractivity contribution >= 4 is 151 Å². The molecule has 6 amide bonds. The maximum absolute atomic E-state index is 13.8. The highest BCUT2D eigenvalue weighted by molar-refractivity contribution is 7.90. The molecule has 34 nitrogen and oxygen atoms in total. The van der Waals surface area contributed by atoms with Crippen LogP contribution in [0.2, 0.25) is 40.2 Å². The van der Waals surface area contributed by atoms with Gasteiger partial charge in [0.1, 0.15) is 0 Å². The first-order chi connectivity index (χ1) is 68.6. The van der Waals surface area contributed by atoms with E-state index in [0.717, 1.165) is 71.7 Å². The maximum atomic E-state index is 13.8. The van der Waals surface area contributed by atoms with Gasteiger partial charge in [0.05, 0.1) is 158 Å². The number of likely N-dealkylation sites (N-methyl/N-ethyl adjacent to an activating group) is 4. The monoisotopic (exact) mass is 2210 g/mol. The lowest BCUT2D eigenvalue weighted by Gasteiger charge is -2.33. The average molecular weight is 2220 g/mol. The van der Waals surface area contributed by atoms with Crippen molar-refractivity contribution in [3.05, 3.63) is 253 Å². The van der Waals surface area contributed by atoms with Crippen molar-refractivity contribution in [3.63, 3.8) is 0 Å². The number of fused-ring (bicyclic) bond motifs is 4. The van der Waals surface area contributed by atoms with Gasteiger partial charge < -0.3 is 87.8 Å². The molecule has 0 fully saturated rings. The molecule has 46 heteroatoms. The van der Waals surface area contributed by atoms with Gasteiger partial charge in [-0.1, -0.05) is 141 Å². The number of hydrogen-bond donors (Lipinski definition) is 7. The molecule has 8 aromatic carbocycles. The summed E-state index contributed by atoms with van der Waals surface area (Å²) in [7, 11) is -7.83. The summed E-state index contributed by atoms with van der Waals surface area (Å²) in [6.07, 6.45) is 0. The van der Waals surface area contributed by atoms with E-state index < -0.39 is 58.2 Å². The first kappa shape index (κ1) is 115. The highest BCUT2D eigenvalue weighted by atomic mass is 35.5. The van der Waals surface area contributed by atoms with Crippen LogP contribution in [-0.4, -0.2) is 333 Å². The molecule has 12 rings (SSSR count). The van der Waals surface area contributed by atoms with E-state index in [1.165, 1.54) is 29.2 Å². The number of halogens is 8. The maximum Gasteiger partial charge on any atom is 0.325 e. The summed E-state index contributed by atoms with van der Waals surface area (Å²) in [6.45, 7) is 6.22. The molecule has 143 heavy (non-hydrogen) atoms. The molecule has 0 aromatic heterocycles. The van der Waals surface area contributed by atoms with Gasteiger partial charge in [0.15, 0.2) is 0 Å². The normalized spacial score (nSPS) is 16.5. The van der Waals surface area contributed by atoms with Gasteiger partial charge in [-0.3, -0.25) is 0 Å². The quantitative estimate of drug-likeness (QED) is 0.0174. The molecule has 0 spiro atoms. The van der Waals surface area contributed by atoms with Gasteiger partial charge in [-0.2, -0.15) is 0 Å². The highest BCUT2D eigenvalue weighted by Crippen LogP contribution is 2.44. The summed E-state index contributed by atoms with van der Waals surface area (Å²) in [5.41, 5.74) is 10.8. The molecule has 4 atom stereocenters. The predicted molar refractivity (Wildman–Crippen MR) is 552 cm³/mol. The average Bonchev–Trinajstić information content (AvgIpc) is 0.782. The van der Waals surface area contributed by atoms with Crippen LogP contribution in [0.3, 0.4) is 0 Å². The fraction of sp³-hybridized carbons (Fsp3) is 0.474. The number of carbonyl (C=O) groups excluding carboxylic acids is 3. The standard InChI is InChI=1S/C97H123Cl8N13O21S4/c1-113-59-83(79-51-71(98)55-91(102)87(79)63-113)67-9-5-13-75(47-67)140(122,123)109-20-30-133-40-37-130-27-17-106-95(119)117(24-34-137-44-43-136-33-23-112-143(128,129)78-16-8-12-70(50-78)86-62-116(4)66-90-82(86)54-74(101)58-94(90)105)25-35-138-45-46-139-36-26-118(96(120)107-18-28-131-38-41-134-31-21-110-141(124,125)76-14-6-10-68(48-76)84-60-114(2)64-88-80(84)52-72(99)56-92(88)103)97(121)108-19-29-132-39-42-135-32-22-111-142(126,127)77-15-7-11-69(49-77)85-61-115(3)65-89-81(85)53-73(100)57-93(89)104/h5-16,47-58,83-86,109-112H,17-46,59-66H2,1-4H3,(H,106,119)(H,107,120)(H,108,121)/t83-,84-,85-,86-/m0/s1. The largest absolute Gasteiger partial charge is 0.378 e. The number of urea groups is 3. The predicted octanol–water partition coefficient (Wildman–Crippen LogP) is 12.3. The van der Waals surface area contributed by atoms with Crippen molar-refractivity contribution in [1.82, 2.24) is 64.2 Å². The second-order valence-electron chi connectivity index (χ2n) is 34.7. The van der Waals surface area contributed by atoms with E-state index in [2.05, 4.69) is 54.4 Å². The van der Waals surface area contributed by atoms with Gasteiger partial charge >= 0.3 is 18.1 Å². The lowest BCUT2D eigenvalue weighted by molar-refractivity contribution is 0.0280. The number of nitrogens with one attached hydrogen (secondary N) is 7. The molecular weight excluding hydrogens is 2100 g/mol. The summed E-state index contributed by atoms with van der Waals surface area (Å²) in [6, 6.07) is 39.5. The van der Waals surface area contributed by atoms with Crippen LogP contribution in [0.15, 0.2) is 165 Å². The zero-order valence-electron chi connectivity index (χ0n) is 79.9. The molecule has 0 saturated heterocycles. The molecule has 4 aliphatic rings. The zero-order valence-corrected chi connectivity index (χ0v) is 89.3. The molecule has 8 aromatic rings. The molecule has 0 saturated carbocycles. The Morgan fingerprint density at radius 3 is 0.748 bits per heavy atom. The van der Waals surface area contributed by atoms with E-state index in [1.807, 2.05) is 76.7 Å². The van der Waals surface area contributed by atoms with E-state index in [1.54, 1.807) is 72.8 Å². The number of carbonyl (C=O) groups is 3. The summed E-state index contributed by atoms with van der Waals surface area (Å²) >= 11 is 52.1. The third-order valence-corrected chi connectivity index (χ3v) is 32.1. The second kappa shape index (κ2) is 56.7. The molecule has 4 heterocycles. The number of amides is 6. The molecule has 4 aliphatic heterocycles. The van der Waals surface area contributed by atoms with Gasteiger partial charge in [-0.15, -0.1) is 0 Å². The van der Waals surface area contributed by atoms with Crippen molar-refractivity contribution in [2.45, 2.75) is 69.4 Å². The SMILES string of the molecule is CN1Cc2c(Cl)cc(Cl)cc2[C@H](c2cccc(S(=O)(=O)NCCOCCOCCNC(=O)N(CCOCCOCCNS(=O)(=O)c3cccc([C@@H]4CN(C)Cc5c(Cl)cc(Cl)cc54)c3)CCOCCOCCN(C(=O)NCCOCCOCCNS(=O)(=O)c3cccc([C@@H]4CN(C)Cc5c(Cl)cc(Cl)cc54)c3)C(=O)NCCOCCOCCNS(=O)(=O)c3cccc([C@@H]4CN(C)Cc5c(Cl)cc(Cl)cc54)c3)c2)C1. The van der Waals surface area contributed by atoms with Crippen LogP contribution >= 0.6 is 92.8 Å². The van der Waals surface area contributed by atoms with Crippen molar-refractivity contribution < 1.29 is 95.4 Å². The number of ether oxygens (including phenoxy) is 10. The first-order valence-corrected chi connectivity index (χ1v) is 55.7. The summed E-state index contributed by atoms with van der Waals surface area (Å²) in [4.78, 5) is 52.6. The van der Waals surface area contributed by atoms with Gasteiger partial charge in [-0.25, -0.2) is 71.8 Å². The fourth-order valence-corrected chi connectivity index (χ4v) is 23.7. The minimum absolute atomic E-state index is 0.00948. The highest BCUT2D eigenvalue weighted by Gasteiger charge is 2.35. The van der Waals surface area contributed by atoms with E-state index in [4.69, 9.17) is 140 Å². The Hall–Kier alpha value is -6.83. The molecule has 782 valence electrons. The van der Waals surface area contributed by atoms with Crippen molar-refractivity contribution in [1.29, 1.82) is 0 Å². The third-order valence-electron chi connectivity index (χ3n) is 24.1. The van der Waals surface area contributed by atoms with Crippen LogP contribution in [0.5, 0.6) is 0 Å². The van der Waals surface area contributed by atoms with Gasteiger partial charge in [0.25, 0.3) is 0 Å².